The Labute approximate surface area is 154 Å². The molecule has 1 aliphatic carbocycles. The monoisotopic (exact) mass is 385 g/mol. The highest BCUT2D eigenvalue weighted by atomic mass is 19.2. The number of nitrogens with one attached hydrogen (secondary N) is 1. The Morgan fingerprint density at radius 3 is 2.52 bits per heavy atom. The van der Waals surface area contributed by atoms with Crippen molar-refractivity contribution in [2.24, 2.45) is 11.7 Å². The van der Waals surface area contributed by atoms with E-state index in [1.165, 1.54) is 4.90 Å². The number of nitrogens with two attached hydrogens (primary N) is 1. The van der Waals surface area contributed by atoms with Crippen LogP contribution in [0.25, 0.3) is 0 Å². The number of carbonyl (C=O) groups excluding carboxylic acids is 2. The fourth-order valence-electron chi connectivity index (χ4n) is 3.24. The van der Waals surface area contributed by atoms with Gasteiger partial charge in [0.15, 0.2) is 11.6 Å². The van der Waals surface area contributed by atoms with Gasteiger partial charge in [-0.3, -0.25) is 9.59 Å². The molecule has 1 heterocycles. The summed E-state index contributed by atoms with van der Waals surface area (Å²) in [5.74, 6) is -3.83. The van der Waals surface area contributed by atoms with Crippen LogP contribution in [0.3, 0.4) is 0 Å². The molecule has 0 aromatic heterocycles. The maximum atomic E-state index is 13.7. The van der Waals surface area contributed by atoms with Gasteiger partial charge in [0.1, 0.15) is 12.0 Å². The van der Waals surface area contributed by atoms with Crippen LogP contribution in [0, 0.1) is 23.4 Å². The molecule has 3 rings (SSSR count). The minimum atomic E-state index is -1.29. The maximum Gasteiger partial charge on any atom is 0.226 e. The summed E-state index contributed by atoms with van der Waals surface area (Å²) in [5, 5.41) is 12.6. The molecule has 1 saturated carbocycles. The molecule has 1 unspecified atom stereocenters. The van der Waals surface area contributed by atoms with Crippen molar-refractivity contribution >= 4 is 11.8 Å². The van der Waals surface area contributed by atoms with Gasteiger partial charge in [-0.2, -0.15) is 0 Å². The van der Waals surface area contributed by atoms with E-state index >= 15 is 0 Å². The van der Waals surface area contributed by atoms with Gasteiger partial charge >= 0.3 is 0 Å². The Bertz CT molecular complexity index is 742. The van der Waals surface area contributed by atoms with Crippen molar-refractivity contribution in [3.63, 3.8) is 0 Å². The van der Waals surface area contributed by atoms with Crippen LogP contribution < -0.4 is 11.1 Å². The molecule has 0 radical (unpaired) electrons. The molecule has 2 aliphatic rings. The topological polar surface area (TPSA) is 95.7 Å². The molecule has 2 amide bonds. The molecule has 6 nitrogen and oxygen atoms in total. The standard InChI is InChI=1S/C18H22F3N3O3/c19-13-7-15(21)14(20)4-10(13)3-11(22)5-16(25)24-12(6-17(24)26)8-23-18(27)9-1-2-9/h4,7,9,11-12,17,26H,1-3,5-6,8,22H2,(H,23,27)/t11-,12+,17?/m1/s1. The molecule has 0 spiro atoms. The molecule has 1 aromatic carbocycles. The van der Waals surface area contributed by atoms with Crippen molar-refractivity contribution < 1.29 is 27.9 Å². The van der Waals surface area contributed by atoms with Gasteiger partial charge in [-0.25, -0.2) is 13.2 Å². The largest absolute Gasteiger partial charge is 0.373 e. The van der Waals surface area contributed by atoms with Gasteiger partial charge in [-0.1, -0.05) is 0 Å². The lowest BCUT2D eigenvalue weighted by Gasteiger charge is -2.46. The minimum absolute atomic E-state index is 0.0469. The number of benzene rings is 1. The van der Waals surface area contributed by atoms with Crippen molar-refractivity contribution in [1.29, 1.82) is 0 Å². The SMILES string of the molecule is N[C@@H](CC(=O)N1C(O)C[C@H]1CNC(=O)C1CC1)Cc1cc(F)c(F)cc1F. The Morgan fingerprint density at radius 2 is 1.89 bits per heavy atom. The molecule has 148 valence electrons. The Kier molecular flexibility index (Phi) is 5.71. The highest BCUT2D eigenvalue weighted by Gasteiger charge is 2.41. The van der Waals surface area contributed by atoms with Crippen molar-refractivity contribution in [2.75, 3.05) is 6.54 Å². The van der Waals surface area contributed by atoms with Crippen molar-refractivity contribution in [1.82, 2.24) is 10.2 Å². The average molecular weight is 385 g/mol. The first kappa shape index (κ1) is 19.6. The van der Waals surface area contributed by atoms with Crippen LogP contribution in [0.4, 0.5) is 13.2 Å². The average Bonchev–Trinajstić information content (AvgIpc) is 3.40. The lowest BCUT2D eigenvalue weighted by Crippen LogP contribution is -2.62. The fourth-order valence-corrected chi connectivity index (χ4v) is 3.24. The summed E-state index contributed by atoms with van der Waals surface area (Å²) in [7, 11) is 0. The summed E-state index contributed by atoms with van der Waals surface area (Å²) in [5.41, 5.74) is 5.74. The number of carbonyl (C=O) groups is 2. The van der Waals surface area contributed by atoms with Gasteiger partial charge in [0.05, 0.1) is 6.04 Å². The van der Waals surface area contributed by atoms with Crippen molar-refractivity contribution in [3.05, 3.63) is 35.1 Å². The molecule has 4 N–H and O–H groups in total. The third-order valence-corrected chi connectivity index (χ3v) is 4.95. The van der Waals surface area contributed by atoms with E-state index in [1.807, 2.05) is 0 Å². The Balaban J connectivity index is 1.52. The van der Waals surface area contributed by atoms with Gasteiger partial charge in [0.2, 0.25) is 11.8 Å². The van der Waals surface area contributed by atoms with Crippen LogP contribution in [0.15, 0.2) is 12.1 Å². The van der Waals surface area contributed by atoms with Crippen LogP contribution in [-0.2, 0) is 16.0 Å². The van der Waals surface area contributed by atoms with Crippen LogP contribution in [-0.4, -0.2) is 46.7 Å². The molecule has 27 heavy (non-hydrogen) atoms. The maximum absolute atomic E-state index is 13.7. The molecule has 2 fully saturated rings. The lowest BCUT2D eigenvalue weighted by atomic mass is 9.97. The van der Waals surface area contributed by atoms with Gasteiger partial charge in [-0.05, 0) is 30.9 Å². The number of rotatable bonds is 7. The Morgan fingerprint density at radius 1 is 1.22 bits per heavy atom. The summed E-state index contributed by atoms with van der Waals surface area (Å²) in [4.78, 5) is 25.3. The summed E-state index contributed by atoms with van der Waals surface area (Å²) < 4.78 is 39.9. The lowest BCUT2D eigenvalue weighted by molar-refractivity contribution is -0.167. The number of amides is 2. The van der Waals surface area contributed by atoms with E-state index in [-0.39, 0.29) is 42.8 Å². The summed E-state index contributed by atoms with van der Waals surface area (Å²) in [6.07, 6.45) is 0.801. The Hall–Kier alpha value is -2.13. The number of hydrogen-bond donors (Lipinski definition) is 3. The second-order valence-electron chi connectivity index (χ2n) is 7.22. The zero-order valence-electron chi connectivity index (χ0n) is 14.6. The number of nitrogens with zero attached hydrogens (tertiary/aromatic N) is 1. The molecule has 1 aromatic rings. The highest BCUT2D eigenvalue weighted by Crippen LogP contribution is 2.29. The van der Waals surface area contributed by atoms with E-state index < -0.39 is 35.6 Å². The first-order valence-corrected chi connectivity index (χ1v) is 8.92. The molecule has 9 heteroatoms. The molecule has 3 atom stereocenters. The number of aliphatic hydroxyl groups excluding tert-OH is 1. The third kappa shape index (κ3) is 4.59. The van der Waals surface area contributed by atoms with E-state index in [2.05, 4.69) is 5.32 Å². The minimum Gasteiger partial charge on any atom is -0.373 e. The first-order chi connectivity index (χ1) is 12.8. The van der Waals surface area contributed by atoms with Crippen LogP contribution in [0.2, 0.25) is 0 Å². The zero-order valence-corrected chi connectivity index (χ0v) is 14.6. The quantitative estimate of drug-likeness (QED) is 0.606. The number of hydrogen-bond acceptors (Lipinski definition) is 4. The second kappa shape index (κ2) is 7.85. The van der Waals surface area contributed by atoms with E-state index in [4.69, 9.17) is 5.73 Å². The first-order valence-electron chi connectivity index (χ1n) is 8.92. The molecule has 1 saturated heterocycles. The van der Waals surface area contributed by atoms with Crippen LogP contribution in [0.5, 0.6) is 0 Å². The van der Waals surface area contributed by atoms with E-state index in [0.29, 0.717) is 12.5 Å². The highest BCUT2D eigenvalue weighted by molar-refractivity contribution is 5.81. The molecular weight excluding hydrogens is 363 g/mol. The number of likely N-dealkylation sites (tertiary alicyclic amines) is 1. The van der Waals surface area contributed by atoms with Crippen molar-refractivity contribution in [2.45, 2.75) is 50.4 Å². The second-order valence-corrected chi connectivity index (χ2v) is 7.22. The number of aliphatic hydroxyl groups is 1. The summed E-state index contributed by atoms with van der Waals surface area (Å²) in [6, 6.07) is 0.0227. The third-order valence-electron chi connectivity index (χ3n) is 4.95. The van der Waals surface area contributed by atoms with E-state index in [9.17, 15) is 27.9 Å². The molecule has 1 aliphatic heterocycles. The van der Waals surface area contributed by atoms with Gasteiger partial charge in [0.25, 0.3) is 0 Å². The normalized spacial score (nSPS) is 22.9. The predicted molar refractivity (Wildman–Crippen MR) is 89.6 cm³/mol. The van der Waals surface area contributed by atoms with E-state index in [0.717, 1.165) is 18.9 Å². The van der Waals surface area contributed by atoms with Crippen molar-refractivity contribution in [3.8, 4) is 0 Å². The van der Waals surface area contributed by atoms with E-state index in [1.54, 1.807) is 0 Å². The fraction of sp³-hybridized carbons (Fsp3) is 0.556. The number of halogens is 3. The summed E-state index contributed by atoms with van der Waals surface area (Å²) >= 11 is 0. The van der Waals surface area contributed by atoms with Crippen LogP contribution >= 0.6 is 0 Å². The molecular formula is C18H22F3N3O3. The van der Waals surface area contributed by atoms with Gasteiger partial charge < -0.3 is 21.1 Å². The zero-order chi connectivity index (χ0) is 19.7. The van der Waals surface area contributed by atoms with Gasteiger partial charge in [-0.15, -0.1) is 0 Å². The molecule has 0 bridgehead atoms. The summed E-state index contributed by atoms with van der Waals surface area (Å²) in [6.45, 7) is 0.255. The van der Waals surface area contributed by atoms with Gasteiger partial charge in [0, 0.05) is 37.4 Å². The predicted octanol–water partition coefficient (Wildman–Crippen LogP) is 0.809. The smallest absolute Gasteiger partial charge is 0.226 e. The van der Waals surface area contributed by atoms with Crippen LogP contribution in [0.1, 0.15) is 31.2 Å².